The maximum Gasteiger partial charge on any atom is 0.224 e. The molecule has 4 bridgehead atoms. The van der Waals surface area contributed by atoms with E-state index in [0.717, 1.165) is 51.3 Å². The van der Waals surface area contributed by atoms with Gasteiger partial charge in [0, 0.05) is 66.5 Å². The van der Waals surface area contributed by atoms with E-state index in [9.17, 15) is 9.90 Å². The molecule has 7 heterocycles. The summed E-state index contributed by atoms with van der Waals surface area (Å²) < 4.78 is 7.46. The third-order valence-corrected chi connectivity index (χ3v) is 15.3. The zero-order chi connectivity index (χ0) is 31.6. The Morgan fingerprint density at radius 3 is 2.26 bits per heavy atom. The van der Waals surface area contributed by atoms with Gasteiger partial charge in [-0.05, 0) is 87.7 Å². The minimum Gasteiger partial charge on any atom is -0.506 e. The van der Waals surface area contributed by atoms with Crippen LogP contribution in [-0.4, -0.2) is 84.0 Å². The Balaban J connectivity index is 1.14. The number of anilines is 2. The molecule has 11 atom stereocenters. The van der Waals surface area contributed by atoms with Gasteiger partial charge in [-0.15, -0.1) is 0 Å². The van der Waals surface area contributed by atoms with Crippen molar-refractivity contribution in [1.29, 1.82) is 0 Å². The van der Waals surface area contributed by atoms with E-state index in [0.29, 0.717) is 35.9 Å². The van der Waals surface area contributed by atoms with Gasteiger partial charge in [-0.3, -0.25) is 14.6 Å². The molecule has 7 fully saturated rings. The van der Waals surface area contributed by atoms with Crippen LogP contribution in [0.25, 0.3) is 0 Å². The molecule has 0 radical (unpaired) electrons. The summed E-state index contributed by atoms with van der Waals surface area (Å²) in [6.07, 6.45) is 9.17. The fourth-order valence-corrected chi connectivity index (χ4v) is 14.0. The average molecular weight is 631 g/mol. The second kappa shape index (κ2) is 9.10. The molecule has 2 aromatic rings. The van der Waals surface area contributed by atoms with Crippen molar-refractivity contribution >= 4 is 17.3 Å². The number of para-hydroxylation sites is 2. The van der Waals surface area contributed by atoms with Crippen molar-refractivity contribution in [2.45, 2.75) is 87.7 Å². The normalized spacial score (nSPS) is 45.3. The van der Waals surface area contributed by atoms with Gasteiger partial charge in [0.05, 0.1) is 18.3 Å². The summed E-state index contributed by atoms with van der Waals surface area (Å²) in [6.45, 7) is 11.2. The van der Waals surface area contributed by atoms with Crippen LogP contribution in [-0.2, 0) is 20.4 Å². The topological polar surface area (TPSA) is 59.5 Å². The number of carbonyl (C=O) groups excluding carboxylic acids is 1. The number of ether oxygens (including phenoxy) is 1. The summed E-state index contributed by atoms with van der Waals surface area (Å²) in [5.41, 5.74) is 7.87. The number of fused-ring (bicyclic) bond motifs is 6. The predicted octanol–water partition coefficient (Wildman–Crippen LogP) is 5.19. The molecule has 5 saturated heterocycles. The number of nitrogens with zero attached hydrogens (tertiary/aromatic N) is 4. The van der Waals surface area contributed by atoms with Crippen molar-refractivity contribution < 1.29 is 14.6 Å². The number of aromatic hydroxyl groups is 1. The standard InChI is InChI=1S/C40H46N4O3/c1-4-23-19-41-15-13-39-28-9-6-7-11-30(28)44-36(39)27(25(23)17-32(39)41)21-47-38(44)34-26-18-33-40(14-16-42(33)20-24(26)5-2)29-10-8-12-31(46)35(29)43(22(3)45)37(34)40/h4-12,25-27,32-34,36-38,46H,13-21H2,1-3H3/b23-4-,24-5-/t25-,26-,27-,32-,33-,34+,36-,37-,38-,39?,40?/m0/s1. The zero-order valence-corrected chi connectivity index (χ0v) is 27.8. The van der Waals surface area contributed by atoms with E-state index in [1.165, 1.54) is 29.7 Å². The molecule has 7 aliphatic heterocycles. The molecule has 11 rings (SSSR count). The van der Waals surface area contributed by atoms with E-state index < -0.39 is 0 Å². The van der Waals surface area contributed by atoms with E-state index in [2.05, 4.69) is 75.9 Å². The molecule has 1 amide bonds. The molecule has 2 unspecified atom stereocenters. The van der Waals surface area contributed by atoms with Gasteiger partial charge in [0.2, 0.25) is 5.91 Å². The Morgan fingerprint density at radius 2 is 1.53 bits per heavy atom. The maximum absolute atomic E-state index is 14.0. The number of allylic oxidation sites excluding steroid dienone is 2. The first-order valence-corrected chi connectivity index (χ1v) is 18.3. The van der Waals surface area contributed by atoms with Crippen molar-refractivity contribution in [3.05, 3.63) is 76.9 Å². The van der Waals surface area contributed by atoms with Gasteiger partial charge in [0.1, 0.15) is 12.0 Å². The number of amides is 1. The number of benzene rings is 2. The lowest BCUT2D eigenvalue weighted by molar-refractivity contribution is -0.129. The van der Waals surface area contributed by atoms with Gasteiger partial charge in [0.25, 0.3) is 0 Å². The predicted molar refractivity (Wildman–Crippen MR) is 182 cm³/mol. The third kappa shape index (κ3) is 2.99. The van der Waals surface area contributed by atoms with Crippen LogP contribution in [0, 0.1) is 23.7 Å². The lowest BCUT2D eigenvalue weighted by atomic mass is 9.53. The first-order valence-electron chi connectivity index (χ1n) is 18.3. The number of hydrogen-bond donors (Lipinski definition) is 1. The Labute approximate surface area is 277 Å². The monoisotopic (exact) mass is 630 g/mol. The van der Waals surface area contributed by atoms with Gasteiger partial charge in [-0.25, -0.2) is 0 Å². The second-order valence-corrected chi connectivity index (χ2v) is 16.3. The molecule has 47 heavy (non-hydrogen) atoms. The van der Waals surface area contributed by atoms with E-state index in [1.807, 2.05) is 6.07 Å². The van der Waals surface area contributed by atoms with Crippen molar-refractivity contribution in [3.8, 4) is 5.75 Å². The third-order valence-electron chi connectivity index (χ3n) is 15.3. The minimum atomic E-state index is -0.220. The smallest absolute Gasteiger partial charge is 0.224 e. The summed E-state index contributed by atoms with van der Waals surface area (Å²) in [7, 11) is 0. The highest BCUT2D eigenvalue weighted by molar-refractivity contribution is 5.98. The van der Waals surface area contributed by atoms with Gasteiger partial charge in [-0.2, -0.15) is 0 Å². The van der Waals surface area contributed by atoms with Crippen molar-refractivity contribution in [3.63, 3.8) is 0 Å². The molecule has 2 aromatic carbocycles. The molecule has 1 N–H and O–H groups in total. The van der Waals surface area contributed by atoms with Crippen LogP contribution in [0.3, 0.4) is 0 Å². The Morgan fingerprint density at radius 1 is 0.872 bits per heavy atom. The lowest BCUT2D eigenvalue weighted by Crippen LogP contribution is -2.73. The summed E-state index contributed by atoms with van der Waals surface area (Å²) >= 11 is 0. The van der Waals surface area contributed by atoms with Gasteiger partial charge in [0.15, 0.2) is 0 Å². The molecule has 2 saturated carbocycles. The zero-order valence-electron chi connectivity index (χ0n) is 27.8. The number of phenols is 1. The summed E-state index contributed by atoms with van der Waals surface area (Å²) in [4.78, 5) is 24.4. The quantitative estimate of drug-likeness (QED) is 0.438. The molecule has 2 aliphatic carbocycles. The first kappa shape index (κ1) is 27.8. The van der Waals surface area contributed by atoms with Crippen LogP contribution in [0.5, 0.6) is 5.75 Å². The highest BCUT2D eigenvalue weighted by atomic mass is 16.5. The van der Waals surface area contributed by atoms with Crippen LogP contribution < -0.4 is 9.80 Å². The molecular formula is C40H46N4O3. The first-order chi connectivity index (χ1) is 22.9. The summed E-state index contributed by atoms with van der Waals surface area (Å²) in [5, 5.41) is 11.5. The van der Waals surface area contributed by atoms with Crippen molar-refractivity contribution in [1.82, 2.24) is 9.80 Å². The van der Waals surface area contributed by atoms with Gasteiger partial charge >= 0.3 is 0 Å². The molecule has 7 heteroatoms. The summed E-state index contributed by atoms with van der Waals surface area (Å²) in [5.74, 6) is 1.68. The Bertz CT molecular complexity index is 1800. The van der Waals surface area contributed by atoms with E-state index in [-0.39, 0.29) is 40.7 Å². The highest BCUT2D eigenvalue weighted by Crippen LogP contribution is 2.69. The molecule has 244 valence electrons. The number of piperidine rings is 2. The number of hydrogen-bond acceptors (Lipinski definition) is 6. The maximum atomic E-state index is 14.0. The highest BCUT2D eigenvalue weighted by Gasteiger charge is 2.74. The molecule has 2 spiro atoms. The molecule has 9 aliphatic rings. The summed E-state index contributed by atoms with van der Waals surface area (Å²) in [6, 6.07) is 16.6. The average Bonchev–Trinajstić information content (AvgIpc) is 3.84. The van der Waals surface area contributed by atoms with Gasteiger partial charge < -0.3 is 19.6 Å². The van der Waals surface area contributed by atoms with Crippen LogP contribution in [0.4, 0.5) is 11.4 Å². The van der Waals surface area contributed by atoms with E-state index in [4.69, 9.17) is 4.74 Å². The molecule has 7 nitrogen and oxygen atoms in total. The Hall–Kier alpha value is -3.13. The van der Waals surface area contributed by atoms with Crippen LogP contribution in [0.1, 0.15) is 57.6 Å². The second-order valence-electron chi connectivity index (χ2n) is 16.3. The van der Waals surface area contributed by atoms with Gasteiger partial charge in [-0.1, -0.05) is 53.6 Å². The van der Waals surface area contributed by atoms with Crippen molar-refractivity contribution in [2.75, 3.05) is 42.6 Å². The SMILES string of the molecule is C/C=C1/CN2CCC34c5ccccc5N5[C@H]3[C@@H](CO[C@H]5[C@H]3[C@@H]5N(C(C)=O)c6c(O)cccc6C56CCN5C/C(=C/C)[C@@H]3C[C@H]56)[C@H]1C[C@H]24. The van der Waals surface area contributed by atoms with Crippen molar-refractivity contribution in [2.24, 2.45) is 23.7 Å². The number of phenolic OH excluding ortho intramolecular Hbond substituents is 1. The molecule has 0 aromatic heterocycles. The largest absolute Gasteiger partial charge is 0.506 e. The Kier molecular flexibility index (Phi) is 5.38. The minimum absolute atomic E-state index is 0.0309. The fourth-order valence-electron chi connectivity index (χ4n) is 14.0. The van der Waals surface area contributed by atoms with E-state index in [1.54, 1.807) is 24.1 Å². The number of carbonyl (C=O) groups is 1. The van der Waals surface area contributed by atoms with Crippen LogP contribution >= 0.6 is 0 Å². The van der Waals surface area contributed by atoms with Crippen LogP contribution in [0.2, 0.25) is 0 Å². The van der Waals surface area contributed by atoms with E-state index >= 15 is 0 Å². The fraction of sp³-hybridized carbons (Fsp3) is 0.575. The van der Waals surface area contributed by atoms with Crippen LogP contribution in [0.15, 0.2) is 65.8 Å². The molecular weight excluding hydrogens is 584 g/mol. The lowest BCUT2D eigenvalue weighted by Gasteiger charge is -2.63. The number of rotatable bonds is 1.